The molecule has 0 bridgehead atoms. The van der Waals surface area contributed by atoms with Crippen LogP contribution >= 0.6 is 0 Å². The summed E-state index contributed by atoms with van der Waals surface area (Å²) < 4.78 is 10.9. The molecule has 2 heterocycles. The molecule has 2 fully saturated rings. The number of carbonyl (C=O) groups excluding carboxylic acids is 2. The number of nitrogens with zero attached hydrogens (tertiary/aromatic N) is 3. The molecule has 2 aliphatic rings. The lowest BCUT2D eigenvalue weighted by Crippen LogP contribution is -2.49. The van der Waals surface area contributed by atoms with Crippen LogP contribution in [0, 0.1) is 5.41 Å². The molecule has 1 spiro atoms. The van der Waals surface area contributed by atoms with Crippen LogP contribution in [0.1, 0.15) is 31.2 Å². The molecule has 160 valence electrons. The summed E-state index contributed by atoms with van der Waals surface area (Å²) in [5.74, 6) is 1.74. The second-order valence-electron chi connectivity index (χ2n) is 8.33. The quantitative estimate of drug-likeness (QED) is 0.697. The van der Waals surface area contributed by atoms with E-state index < -0.39 is 0 Å². The van der Waals surface area contributed by atoms with Crippen LogP contribution in [-0.4, -0.2) is 81.0 Å². The van der Waals surface area contributed by atoms with Crippen molar-refractivity contribution in [2.75, 3.05) is 54.5 Å². The maximum Gasteiger partial charge on any atom is 0.230 e. The fourth-order valence-corrected chi connectivity index (χ4v) is 4.59. The Bertz CT molecular complexity index is 752. The predicted molar refractivity (Wildman–Crippen MR) is 111 cm³/mol. The third kappa shape index (κ3) is 4.50. The number of methoxy groups -OCH3 is 2. The zero-order chi connectivity index (χ0) is 21.0. The predicted octanol–water partition coefficient (Wildman–Crippen LogP) is 2.00. The molecule has 2 saturated heterocycles. The first kappa shape index (κ1) is 21.4. The normalized spacial score (nSPS) is 22.2. The molecular weight excluding hydrogens is 370 g/mol. The number of para-hydroxylation sites is 1. The summed E-state index contributed by atoms with van der Waals surface area (Å²) in [4.78, 5) is 31.2. The molecule has 3 rings (SSSR count). The molecule has 1 atom stereocenters. The molecule has 7 nitrogen and oxygen atoms in total. The maximum absolute atomic E-state index is 13.5. The second kappa shape index (κ2) is 9.03. The van der Waals surface area contributed by atoms with Crippen molar-refractivity contribution >= 4 is 11.8 Å². The molecule has 2 aliphatic heterocycles. The van der Waals surface area contributed by atoms with E-state index >= 15 is 0 Å². The topological polar surface area (TPSA) is 62.3 Å². The summed E-state index contributed by atoms with van der Waals surface area (Å²) in [5.41, 5.74) is 0.648. The lowest BCUT2D eigenvalue weighted by Gasteiger charge is -2.39. The Hall–Kier alpha value is -2.28. The number of likely N-dealkylation sites (tertiary alicyclic amines) is 2. The molecule has 2 amide bonds. The summed E-state index contributed by atoms with van der Waals surface area (Å²) in [6.45, 7) is 3.64. The molecule has 1 aromatic rings. The minimum atomic E-state index is -0.314. The molecule has 0 aromatic heterocycles. The van der Waals surface area contributed by atoms with Gasteiger partial charge in [-0.05, 0) is 31.9 Å². The first-order valence-electron chi connectivity index (χ1n) is 10.3. The van der Waals surface area contributed by atoms with E-state index in [0.29, 0.717) is 24.5 Å². The number of hydrogen-bond donors (Lipinski definition) is 0. The molecule has 1 aromatic carbocycles. The van der Waals surface area contributed by atoms with Crippen LogP contribution in [-0.2, 0) is 16.1 Å². The lowest BCUT2D eigenvalue weighted by atomic mass is 9.78. The summed E-state index contributed by atoms with van der Waals surface area (Å²) in [6, 6.07) is 5.79. The second-order valence-corrected chi connectivity index (χ2v) is 8.33. The Morgan fingerprint density at radius 3 is 2.66 bits per heavy atom. The summed E-state index contributed by atoms with van der Waals surface area (Å²) in [6.07, 6.45) is 3.30. The van der Waals surface area contributed by atoms with Crippen molar-refractivity contribution in [3.05, 3.63) is 23.8 Å². The number of rotatable bonds is 7. The van der Waals surface area contributed by atoms with Crippen LogP contribution in [0.15, 0.2) is 18.2 Å². The maximum atomic E-state index is 13.5. The van der Waals surface area contributed by atoms with Gasteiger partial charge in [-0.25, -0.2) is 0 Å². The van der Waals surface area contributed by atoms with E-state index in [1.54, 1.807) is 33.2 Å². The average molecular weight is 404 g/mol. The van der Waals surface area contributed by atoms with Crippen molar-refractivity contribution in [3.63, 3.8) is 0 Å². The number of amides is 2. The largest absolute Gasteiger partial charge is 0.493 e. The van der Waals surface area contributed by atoms with Crippen LogP contribution in [0.3, 0.4) is 0 Å². The number of hydrogen-bond acceptors (Lipinski definition) is 5. The van der Waals surface area contributed by atoms with Gasteiger partial charge in [0.05, 0.1) is 19.6 Å². The van der Waals surface area contributed by atoms with Crippen LogP contribution in [0.2, 0.25) is 0 Å². The molecule has 0 N–H and O–H groups in total. The summed E-state index contributed by atoms with van der Waals surface area (Å²) >= 11 is 0. The highest BCUT2D eigenvalue weighted by atomic mass is 16.5. The fraction of sp³-hybridized carbons (Fsp3) is 0.636. The van der Waals surface area contributed by atoms with Gasteiger partial charge in [-0.3, -0.25) is 9.59 Å². The Morgan fingerprint density at radius 2 is 1.97 bits per heavy atom. The minimum Gasteiger partial charge on any atom is -0.493 e. The first-order valence-corrected chi connectivity index (χ1v) is 10.3. The molecule has 0 radical (unpaired) electrons. The summed E-state index contributed by atoms with van der Waals surface area (Å²) in [7, 11) is 6.81. The van der Waals surface area contributed by atoms with Crippen molar-refractivity contribution in [2.24, 2.45) is 5.41 Å². The van der Waals surface area contributed by atoms with Crippen LogP contribution < -0.4 is 9.47 Å². The Balaban J connectivity index is 1.67. The van der Waals surface area contributed by atoms with E-state index in [1.807, 2.05) is 23.1 Å². The van der Waals surface area contributed by atoms with Gasteiger partial charge in [0.1, 0.15) is 0 Å². The molecule has 0 unspecified atom stereocenters. The van der Waals surface area contributed by atoms with Crippen LogP contribution in [0.4, 0.5) is 0 Å². The summed E-state index contributed by atoms with van der Waals surface area (Å²) in [5, 5.41) is 0. The van der Waals surface area contributed by atoms with Crippen molar-refractivity contribution in [3.8, 4) is 11.5 Å². The number of ether oxygens (including phenoxy) is 2. The van der Waals surface area contributed by atoms with E-state index in [4.69, 9.17) is 9.47 Å². The monoisotopic (exact) mass is 403 g/mol. The van der Waals surface area contributed by atoms with Crippen LogP contribution in [0.5, 0.6) is 11.5 Å². The van der Waals surface area contributed by atoms with Crippen molar-refractivity contribution < 1.29 is 19.1 Å². The molecule has 0 saturated carbocycles. The van der Waals surface area contributed by atoms with Crippen molar-refractivity contribution in [1.82, 2.24) is 14.7 Å². The van der Waals surface area contributed by atoms with Crippen molar-refractivity contribution in [1.29, 1.82) is 0 Å². The zero-order valence-corrected chi connectivity index (χ0v) is 18.1. The average Bonchev–Trinajstić information content (AvgIpc) is 3.13. The highest BCUT2D eigenvalue weighted by molar-refractivity contribution is 5.84. The van der Waals surface area contributed by atoms with Crippen molar-refractivity contribution in [2.45, 2.75) is 32.2 Å². The van der Waals surface area contributed by atoms with Crippen LogP contribution in [0.25, 0.3) is 0 Å². The van der Waals surface area contributed by atoms with Gasteiger partial charge < -0.3 is 24.2 Å². The molecule has 0 aliphatic carbocycles. The van der Waals surface area contributed by atoms with E-state index in [-0.39, 0.29) is 17.2 Å². The number of benzene rings is 1. The highest BCUT2D eigenvalue weighted by Gasteiger charge is 2.48. The molecule has 7 heteroatoms. The Morgan fingerprint density at radius 1 is 1.17 bits per heavy atom. The Labute approximate surface area is 173 Å². The zero-order valence-electron chi connectivity index (χ0n) is 18.1. The van der Waals surface area contributed by atoms with Gasteiger partial charge in [0.2, 0.25) is 11.8 Å². The lowest BCUT2D eigenvalue weighted by molar-refractivity contribution is -0.146. The number of piperidine rings is 1. The van der Waals surface area contributed by atoms with Gasteiger partial charge in [-0.15, -0.1) is 0 Å². The van der Waals surface area contributed by atoms with Gasteiger partial charge in [0.25, 0.3) is 0 Å². The fourth-order valence-electron chi connectivity index (χ4n) is 4.59. The van der Waals surface area contributed by atoms with E-state index in [1.165, 1.54) is 0 Å². The van der Waals surface area contributed by atoms with E-state index in [9.17, 15) is 9.59 Å². The Kier molecular flexibility index (Phi) is 6.67. The SMILES string of the molecule is COc1cccc(CN2CCC[C@@]3(CCN(CCC(=O)N(C)C)C3)C2=O)c1OC. The molecule has 29 heavy (non-hydrogen) atoms. The van der Waals surface area contributed by atoms with Gasteiger partial charge >= 0.3 is 0 Å². The van der Waals surface area contributed by atoms with E-state index in [0.717, 1.165) is 51.0 Å². The molecular formula is C22H33N3O4. The van der Waals surface area contributed by atoms with Gasteiger partial charge in [-0.2, -0.15) is 0 Å². The smallest absolute Gasteiger partial charge is 0.230 e. The third-order valence-electron chi connectivity index (χ3n) is 6.24. The highest BCUT2D eigenvalue weighted by Crippen LogP contribution is 2.41. The van der Waals surface area contributed by atoms with Gasteiger partial charge in [-0.1, -0.05) is 12.1 Å². The minimum absolute atomic E-state index is 0.132. The third-order valence-corrected chi connectivity index (χ3v) is 6.24. The number of carbonyl (C=O) groups is 2. The first-order chi connectivity index (χ1) is 13.9. The van der Waals surface area contributed by atoms with Gasteiger partial charge in [0, 0.05) is 52.3 Å². The van der Waals surface area contributed by atoms with Gasteiger partial charge in [0.15, 0.2) is 11.5 Å². The standard InChI is InChI=1S/C22H33N3O4/c1-23(2)19(26)9-13-24-14-11-22(16-24)10-6-12-25(21(22)27)15-17-7-5-8-18(28-3)20(17)29-4/h5,7-8H,6,9-16H2,1-4H3/t22-/m0/s1. The van der Waals surface area contributed by atoms with E-state index in [2.05, 4.69) is 4.90 Å².